The lowest BCUT2D eigenvalue weighted by atomic mass is 9.81. The van der Waals surface area contributed by atoms with Crippen LogP contribution < -0.4 is 5.32 Å². The second-order valence-electron chi connectivity index (χ2n) is 7.89. The van der Waals surface area contributed by atoms with Crippen molar-refractivity contribution in [2.75, 3.05) is 13.2 Å². The van der Waals surface area contributed by atoms with Crippen molar-refractivity contribution in [1.29, 1.82) is 0 Å². The van der Waals surface area contributed by atoms with Crippen LogP contribution in [0.3, 0.4) is 0 Å². The van der Waals surface area contributed by atoms with Gasteiger partial charge in [-0.05, 0) is 34.9 Å². The number of hydrogen-bond acceptors (Lipinski definition) is 3. The molecule has 1 atom stereocenters. The minimum absolute atomic E-state index is 0.0976. The Hall–Kier alpha value is -2.88. The second kappa shape index (κ2) is 9.40. The Balaban J connectivity index is 1.71. The summed E-state index contributed by atoms with van der Waals surface area (Å²) >= 11 is 0. The molecule has 180 valence electrons. The highest BCUT2D eigenvalue weighted by atomic mass is 19.4. The monoisotopic (exact) mass is 481 g/mol. The first-order chi connectivity index (χ1) is 16.1. The van der Waals surface area contributed by atoms with Crippen LogP contribution in [0.5, 0.6) is 0 Å². The van der Waals surface area contributed by atoms with Gasteiger partial charge in [-0.15, -0.1) is 0 Å². The topological polar surface area (TPSA) is 30.5 Å². The molecule has 1 aliphatic rings. The van der Waals surface area contributed by atoms with E-state index < -0.39 is 41.9 Å². The Bertz CT molecular complexity index is 1030. The summed E-state index contributed by atoms with van der Waals surface area (Å²) in [6, 6.07) is 19.8. The fraction of sp³-hybridized carbons (Fsp3) is 0.280. The van der Waals surface area contributed by atoms with Gasteiger partial charge in [0.15, 0.2) is 6.29 Å². The minimum atomic E-state index is -4.93. The van der Waals surface area contributed by atoms with Crippen LogP contribution in [0.15, 0.2) is 78.9 Å². The maximum Gasteiger partial charge on any atom is 0.416 e. The summed E-state index contributed by atoms with van der Waals surface area (Å²) in [6.45, 7) is 0.203. The maximum absolute atomic E-state index is 13.3. The molecule has 34 heavy (non-hydrogen) atoms. The third-order valence-corrected chi connectivity index (χ3v) is 5.64. The predicted octanol–water partition coefficient (Wildman–Crippen LogP) is 6.13. The Kier molecular flexibility index (Phi) is 6.71. The molecule has 3 aromatic rings. The molecular weight excluding hydrogens is 460 g/mol. The normalized spacial score (nSPS) is 18.6. The van der Waals surface area contributed by atoms with Gasteiger partial charge in [-0.1, -0.05) is 60.7 Å². The Morgan fingerprint density at radius 3 is 1.76 bits per heavy atom. The molecule has 1 heterocycles. The van der Waals surface area contributed by atoms with E-state index in [-0.39, 0.29) is 18.2 Å². The van der Waals surface area contributed by atoms with E-state index in [2.05, 4.69) is 5.32 Å². The summed E-state index contributed by atoms with van der Waals surface area (Å²) in [5.74, 6) is 0. The molecule has 0 amide bonds. The van der Waals surface area contributed by atoms with Gasteiger partial charge in [-0.25, -0.2) is 0 Å². The van der Waals surface area contributed by atoms with E-state index in [0.29, 0.717) is 18.7 Å². The van der Waals surface area contributed by atoms with Gasteiger partial charge >= 0.3 is 12.4 Å². The van der Waals surface area contributed by atoms with Gasteiger partial charge in [0.25, 0.3) is 0 Å². The van der Waals surface area contributed by atoms with Crippen molar-refractivity contribution in [1.82, 2.24) is 5.32 Å². The lowest BCUT2D eigenvalue weighted by molar-refractivity contribution is -0.206. The number of benzene rings is 3. The number of ether oxygens (including phenoxy) is 2. The molecular formula is C25H21F6NO2. The maximum atomic E-state index is 13.3. The molecule has 1 N–H and O–H groups in total. The molecule has 3 aromatic carbocycles. The molecule has 0 radical (unpaired) electrons. The zero-order valence-electron chi connectivity index (χ0n) is 17.8. The first-order valence-electron chi connectivity index (χ1n) is 10.5. The lowest BCUT2D eigenvalue weighted by Crippen LogP contribution is -2.59. The average molecular weight is 481 g/mol. The van der Waals surface area contributed by atoms with Crippen LogP contribution in [0.4, 0.5) is 26.3 Å². The number of hydrogen-bond donors (Lipinski definition) is 1. The highest BCUT2D eigenvalue weighted by Gasteiger charge is 2.46. The fourth-order valence-electron chi connectivity index (χ4n) is 4.12. The molecule has 1 saturated heterocycles. The first-order valence-corrected chi connectivity index (χ1v) is 10.5. The molecule has 3 nitrogen and oxygen atoms in total. The summed E-state index contributed by atoms with van der Waals surface area (Å²) in [6.07, 6.45) is -10.9. The predicted molar refractivity (Wildman–Crippen MR) is 113 cm³/mol. The summed E-state index contributed by atoms with van der Waals surface area (Å²) in [7, 11) is 0. The fourth-order valence-corrected chi connectivity index (χ4v) is 4.12. The number of rotatable bonds is 5. The third kappa shape index (κ3) is 4.96. The quantitative estimate of drug-likeness (QED) is 0.445. The molecule has 0 spiro atoms. The second-order valence-corrected chi connectivity index (χ2v) is 7.89. The van der Waals surface area contributed by atoms with Crippen molar-refractivity contribution in [3.63, 3.8) is 0 Å². The van der Waals surface area contributed by atoms with Crippen molar-refractivity contribution in [2.24, 2.45) is 0 Å². The van der Waals surface area contributed by atoms with Crippen LogP contribution in [0.25, 0.3) is 0 Å². The van der Waals surface area contributed by atoms with Gasteiger partial charge in [0.05, 0.1) is 24.3 Å². The van der Waals surface area contributed by atoms with E-state index in [1.807, 2.05) is 60.7 Å². The van der Waals surface area contributed by atoms with Crippen molar-refractivity contribution in [3.8, 4) is 0 Å². The van der Waals surface area contributed by atoms with Crippen LogP contribution in [-0.2, 0) is 34.0 Å². The van der Waals surface area contributed by atoms with Gasteiger partial charge in [0.1, 0.15) is 5.54 Å². The van der Waals surface area contributed by atoms with Crippen molar-refractivity contribution < 1.29 is 35.8 Å². The van der Waals surface area contributed by atoms with Gasteiger partial charge in [0, 0.05) is 6.54 Å². The molecule has 1 unspecified atom stereocenters. The Morgan fingerprint density at radius 2 is 1.29 bits per heavy atom. The molecule has 4 rings (SSSR count). The molecule has 0 aliphatic carbocycles. The van der Waals surface area contributed by atoms with Crippen LogP contribution >= 0.6 is 0 Å². The van der Waals surface area contributed by atoms with Gasteiger partial charge in [-0.3, -0.25) is 5.32 Å². The smallest absolute Gasteiger partial charge is 0.349 e. The average Bonchev–Trinajstić information content (AvgIpc) is 2.83. The van der Waals surface area contributed by atoms with Crippen LogP contribution in [-0.4, -0.2) is 19.4 Å². The summed E-state index contributed by atoms with van der Waals surface area (Å²) in [4.78, 5) is 0. The summed E-state index contributed by atoms with van der Waals surface area (Å²) in [5, 5.41) is 3.41. The van der Waals surface area contributed by atoms with E-state index in [9.17, 15) is 26.3 Å². The lowest BCUT2D eigenvalue weighted by Gasteiger charge is -2.45. The summed E-state index contributed by atoms with van der Waals surface area (Å²) in [5.41, 5.74) is -2.49. The molecule has 9 heteroatoms. The number of halogens is 6. The highest BCUT2D eigenvalue weighted by Crippen LogP contribution is 2.39. The van der Waals surface area contributed by atoms with Crippen molar-refractivity contribution in [3.05, 3.63) is 107 Å². The van der Waals surface area contributed by atoms with Crippen molar-refractivity contribution in [2.45, 2.75) is 30.8 Å². The third-order valence-electron chi connectivity index (χ3n) is 5.64. The molecule has 0 saturated carbocycles. The molecule has 1 fully saturated rings. The van der Waals surface area contributed by atoms with E-state index in [1.165, 1.54) is 0 Å². The first kappa shape index (κ1) is 24.3. The van der Waals surface area contributed by atoms with E-state index >= 15 is 0 Å². The number of nitrogens with one attached hydrogen (secondary N) is 1. The highest BCUT2D eigenvalue weighted by molar-refractivity contribution is 5.40. The molecule has 0 bridgehead atoms. The zero-order valence-corrected chi connectivity index (χ0v) is 17.8. The standard InChI is InChI=1S/C25H21F6NO2/c26-24(27,28)20-13-17(14-21(15-20)25(29,30)31)16-34-22-23(32-11-12-33-22,18-7-3-1-4-8-18)19-9-5-2-6-10-19/h1-10,13-15,22,32H,11-12,16H2. The van der Waals surface area contributed by atoms with E-state index in [4.69, 9.17) is 9.47 Å². The minimum Gasteiger partial charge on any atom is -0.349 e. The van der Waals surface area contributed by atoms with Crippen LogP contribution in [0, 0.1) is 0 Å². The SMILES string of the molecule is FC(F)(F)c1cc(COC2OCCNC2(c2ccccc2)c2ccccc2)cc(C(F)(F)F)c1. The molecule has 0 aromatic heterocycles. The van der Waals surface area contributed by atoms with E-state index in [1.54, 1.807) is 0 Å². The Labute approximate surface area is 192 Å². The van der Waals surface area contributed by atoms with E-state index in [0.717, 1.165) is 11.1 Å². The van der Waals surface area contributed by atoms with Gasteiger partial charge in [0.2, 0.25) is 0 Å². The molecule has 1 aliphatic heterocycles. The summed E-state index contributed by atoms with van der Waals surface area (Å²) < 4.78 is 91.3. The number of alkyl halides is 6. The van der Waals surface area contributed by atoms with Crippen LogP contribution in [0.2, 0.25) is 0 Å². The Morgan fingerprint density at radius 1 is 0.794 bits per heavy atom. The van der Waals surface area contributed by atoms with Gasteiger partial charge < -0.3 is 9.47 Å². The zero-order chi connectivity index (χ0) is 24.4. The van der Waals surface area contributed by atoms with Crippen molar-refractivity contribution >= 4 is 0 Å². The largest absolute Gasteiger partial charge is 0.416 e. The van der Waals surface area contributed by atoms with Gasteiger partial charge in [-0.2, -0.15) is 26.3 Å². The van der Waals surface area contributed by atoms with Crippen LogP contribution in [0.1, 0.15) is 27.8 Å². The number of morpholine rings is 1.